The van der Waals surface area contributed by atoms with Gasteiger partial charge in [-0.15, -0.1) is 5.10 Å². The molecule has 0 saturated heterocycles. The first kappa shape index (κ1) is 9.67. The average Bonchev–Trinajstić information content (AvgIpc) is 2.15. The van der Waals surface area contributed by atoms with Gasteiger partial charge in [-0.25, -0.2) is 0 Å². The van der Waals surface area contributed by atoms with Crippen LogP contribution in [0.5, 0.6) is 0 Å². The topological polar surface area (TPSA) is 63.8 Å². The van der Waals surface area contributed by atoms with E-state index in [4.69, 9.17) is 5.73 Å². The number of rotatable bonds is 4. The van der Waals surface area contributed by atoms with Crippen molar-refractivity contribution < 1.29 is 0 Å². The van der Waals surface area contributed by atoms with E-state index in [1.165, 1.54) is 0 Å². The minimum atomic E-state index is 0.571. The molecule has 1 heterocycles. The van der Waals surface area contributed by atoms with Crippen LogP contribution in [-0.4, -0.2) is 23.3 Å². The van der Waals surface area contributed by atoms with Gasteiger partial charge in [0.2, 0.25) is 0 Å². The van der Waals surface area contributed by atoms with Gasteiger partial charge in [0.25, 0.3) is 0 Å². The van der Waals surface area contributed by atoms with E-state index < -0.39 is 0 Å². The lowest BCUT2D eigenvalue weighted by Gasteiger charge is -2.00. The van der Waals surface area contributed by atoms with E-state index in [0.29, 0.717) is 6.54 Å². The highest BCUT2D eigenvalue weighted by Crippen LogP contribution is 1.99. The molecule has 1 rings (SSSR count). The Balaban J connectivity index is 2.37. The summed E-state index contributed by atoms with van der Waals surface area (Å²) in [6.07, 6.45) is 3.86. The third-order valence-corrected chi connectivity index (χ3v) is 1.50. The maximum absolute atomic E-state index is 5.29. The maximum Gasteiger partial charge on any atom is 0.148 e. The summed E-state index contributed by atoms with van der Waals surface area (Å²) in [5.41, 5.74) is 6.20. The molecule has 0 radical (unpaired) electrons. The highest BCUT2D eigenvalue weighted by molar-refractivity contribution is 5.33. The van der Waals surface area contributed by atoms with Gasteiger partial charge < -0.3 is 11.1 Å². The molecule has 1 aromatic rings. The van der Waals surface area contributed by atoms with Gasteiger partial charge in [-0.2, -0.15) is 5.10 Å². The SMILES string of the molecule is Cc1ccc(NC/C=C/CN)nn1. The van der Waals surface area contributed by atoms with E-state index in [1.54, 1.807) is 0 Å². The number of anilines is 1. The molecule has 3 N–H and O–H groups in total. The molecule has 0 aliphatic heterocycles. The van der Waals surface area contributed by atoms with E-state index >= 15 is 0 Å². The lowest BCUT2D eigenvalue weighted by Crippen LogP contribution is -2.02. The van der Waals surface area contributed by atoms with Crippen LogP contribution in [0.2, 0.25) is 0 Å². The summed E-state index contributed by atoms with van der Waals surface area (Å²) >= 11 is 0. The van der Waals surface area contributed by atoms with Crippen LogP contribution < -0.4 is 11.1 Å². The number of nitrogens with zero attached hydrogens (tertiary/aromatic N) is 2. The fourth-order valence-electron chi connectivity index (χ4n) is 0.836. The highest BCUT2D eigenvalue weighted by Gasteiger charge is 1.90. The van der Waals surface area contributed by atoms with Crippen LogP contribution in [0.4, 0.5) is 5.82 Å². The Kier molecular flexibility index (Phi) is 3.92. The molecule has 0 fully saturated rings. The molecule has 13 heavy (non-hydrogen) atoms. The highest BCUT2D eigenvalue weighted by atomic mass is 15.2. The Labute approximate surface area is 77.9 Å². The lowest BCUT2D eigenvalue weighted by atomic mass is 10.4. The summed E-state index contributed by atoms with van der Waals surface area (Å²) < 4.78 is 0. The van der Waals surface area contributed by atoms with Crippen molar-refractivity contribution in [2.24, 2.45) is 5.73 Å². The maximum atomic E-state index is 5.29. The van der Waals surface area contributed by atoms with Crippen LogP contribution in [0.15, 0.2) is 24.3 Å². The first-order valence-corrected chi connectivity index (χ1v) is 4.22. The average molecular weight is 178 g/mol. The van der Waals surface area contributed by atoms with Crippen LogP contribution in [0.25, 0.3) is 0 Å². The van der Waals surface area contributed by atoms with Gasteiger partial charge in [0.15, 0.2) is 0 Å². The molecule has 0 spiro atoms. The van der Waals surface area contributed by atoms with E-state index in [9.17, 15) is 0 Å². The second-order valence-corrected chi connectivity index (χ2v) is 2.65. The van der Waals surface area contributed by atoms with Crippen LogP contribution in [-0.2, 0) is 0 Å². The minimum absolute atomic E-state index is 0.571. The van der Waals surface area contributed by atoms with Crippen molar-refractivity contribution in [3.8, 4) is 0 Å². The zero-order valence-electron chi connectivity index (χ0n) is 7.70. The third-order valence-electron chi connectivity index (χ3n) is 1.50. The number of nitrogens with two attached hydrogens (primary N) is 1. The number of hydrogen-bond acceptors (Lipinski definition) is 4. The Morgan fingerprint density at radius 2 is 2.23 bits per heavy atom. The number of aromatic nitrogens is 2. The van der Waals surface area contributed by atoms with Crippen molar-refractivity contribution in [3.05, 3.63) is 30.0 Å². The van der Waals surface area contributed by atoms with Gasteiger partial charge in [0, 0.05) is 13.1 Å². The summed E-state index contributed by atoms with van der Waals surface area (Å²) in [6, 6.07) is 3.82. The molecule has 4 nitrogen and oxygen atoms in total. The fraction of sp³-hybridized carbons (Fsp3) is 0.333. The van der Waals surface area contributed by atoms with Crippen LogP contribution >= 0.6 is 0 Å². The van der Waals surface area contributed by atoms with Gasteiger partial charge in [-0.05, 0) is 19.1 Å². The molecule has 4 heteroatoms. The number of hydrogen-bond donors (Lipinski definition) is 2. The lowest BCUT2D eigenvalue weighted by molar-refractivity contribution is 0.976. The molecule has 1 aromatic heterocycles. The number of aryl methyl sites for hydroxylation is 1. The molecule has 0 atom stereocenters. The molecule has 0 saturated carbocycles. The van der Waals surface area contributed by atoms with Crippen LogP contribution in [0.3, 0.4) is 0 Å². The van der Waals surface area contributed by atoms with Crippen molar-refractivity contribution in [1.82, 2.24) is 10.2 Å². The van der Waals surface area contributed by atoms with Crippen molar-refractivity contribution >= 4 is 5.82 Å². The predicted molar refractivity (Wildman–Crippen MR) is 53.5 cm³/mol. The number of nitrogens with one attached hydrogen (secondary N) is 1. The van der Waals surface area contributed by atoms with Gasteiger partial charge in [0.05, 0.1) is 5.69 Å². The van der Waals surface area contributed by atoms with Crippen molar-refractivity contribution in [1.29, 1.82) is 0 Å². The molecule has 70 valence electrons. The molecule has 0 unspecified atom stereocenters. The van der Waals surface area contributed by atoms with Gasteiger partial charge in [0.1, 0.15) is 5.82 Å². The predicted octanol–water partition coefficient (Wildman–Crippen LogP) is 0.712. The summed E-state index contributed by atoms with van der Waals surface area (Å²) in [7, 11) is 0. The van der Waals surface area contributed by atoms with Gasteiger partial charge in [-0.3, -0.25) is 0 Å². The molecule has 0 amide bonds. The van der Waals surface area contributed by atoms with Crippen molar-refractivity contribution in [2.45, 2.75) is 6.92 Å². The van der Waals surface area contributed by atoms with Gasteiger partial charge in [-0.1, -0.05) is 12.2 Å². The smallest absolute Gasteiger partial charge is 0.148 e. The van der Waals surface area contributed by atoms with E-state index in [2.05, 4.69) is 15.5 Å². The molecule has 0 aromatic carbocycles. The Morgan fingerprint density at radius 1 is 1.38 bits per heavy atom. The first-order chi connectivity index (χ1) is 6.33. The van der Waals surface area contributed by atoms with Crippen LogP contribution in [0.1, 0.15) is 5.69 Å². The third kappa shape index (κ3) is 3.66. The molecule has 0 aliphatic rings. The Bertz CT molecular complexity index is 265. The Morgan fingerprint density at radius 3 is 2.85 bits per heavy atom. The largest absolute Gasteiger partial charge is 0.365 e. The van der Waals surface area contributed by atoms with Crippen molar-refractivity contribution in [3.63, 3.8) is 0 Å². The van der Waals surface area contributed by atoms with E-state index in [-0.39, 0.29) is 0 Å². The second-order valence-electron chi connectivity index (χ2n) is 2.65. The standard InChI is InChI=1S/C9H14N4/c1-8-4-5-9(13-12-8)11-7-3-2-6-10/h2-5H,6-7,10H2,1H3,(H,11,13)/b3-2+. The monoisotopic (exact) mass is 178 g/mol. The molecule has 0 aliphatic carbocycles. The molecular formula is C9H14N4. The second kappa shape index (κ2) is 5.27. The summed E-state index contributed by atoms with van der Waals surface area (Å²) in [5, 5.41) is 11.0. The van der Waals surface area contributed by atoms with E-state index in [0.717, 1.165) is 18.1 Å². The normalized spacial score (nSPS) is 10.6. The zero-order chi connectivity index (χ0) is 9.52. The molecular weight excluding hydrogens is 164 g/mol. The van der Waals surface area contributed by atoms with E-state index in [1.807, 2.05) is 31.2 Å². The Hall–Kier alpha value is -1.42. The summed E-state index contributed by atoms with van der Waals surface area (Å²) in [6.45, 7) is 3.21. The fourth-order valence-corrected chi connectivity index (χ4v) is 0.836. The molecule has 0 bridgehead atoms. The van der Waals surface area contributed by atoms with Crippen molar-refractivity contribution in [2.75, 3.05) is 18.4 Å². The quantitative estimate of drug-likeness (QED) is 0.666. The first-order valence-electron chi connectivity index (χ1n) is 4.22. The summed E-state index contributed by atoms with van der Waals surface area (Å²) in [4.78, 5) is 0. The summed E-state index contributed by atoms with van der Waals surface area (Å²) in [5.74, 6) is 0.785. The minimum Gasteiger partial charge on any atom is -0.365 e. The van der Waals surface area contributed by atoms with Crippen LogP contribution in [0, 0.1) is 6.92 Å². The zero-order valence-corrected chi connectivity index (χ0v) is 7.70. The van der Waals surface area contributed by atoms with Gasteiger partial charge >= 0.3 is 0 Å².